The van der Waals surface area contributed by atoms with Gasteiger partial charge in [-0.15, -0.1) is 11.8 Å². The predicted molar refractivity (Wildman–Crippen MR) is 71.8 cm³/mol. The summed E-state index contributed by atoms with van der Waals surface area (Å²) in [5.41, 5.74) is 0.901. The van der Waals surface area contributed by atoms with Crippen LogP contribution in [0.4, 0.5) is 4.39 Å². The SMILES string of the molecule is Oc1cccc(SCc2cc(F)ccc2Br)c1. The molecule has 0 aliphatic rings. The topological polar surface area (TPSA) is 20.2 Å². The Morgan fingerprint density at radius 1 is 1.18 bits per heavy atom. The molecule has 2 aromatic rings. The van der Waals surface area contributed by atoms with E-state index in [1.165, 1.54) is 12.1 Å². The summed E-state index contributed by atoms with van der Waals surface area (Å²) in [5.74, 6) is 0.662. The highest BCUT2D eigenvalue weighted by Gasteiger charge is 2.03. The zero-order valence-electron chi connectivity index (χ0n) is 8.86. The third-order valence-electron chi connectivity index (χ3n) is 2.22. The first-order valence-electron chi connectivity index (χ1n) is 5.01. The zero-order chi connectivity index (χ0) is 12.3. The van der Waals surface area contributed by atoms with E-state index in [4.69, 9.17) is 0 Å². The van der Waals surface area contributed by atoms with Gasteiger partial charge >= 0.3 is 0 Å². The van der Waals surface area contributed by atoms with E-state index in [1.807, 2.05) is 6.07 Å². The van der Waals surface area contributed by atoms with Crippen LogP contribution in [0.3, 0.4) is 0 Å². The third kappa shape index (κ3) is 3.48. The molecule has 0 aliphatic carbocycles. The van der Waals surface area contributed by atoms with Gasteiger partial charge in [0.25, 0.3) is 0 Å². The van der Waals surface area contributed by atoms with Gasteiger partial charge in [-0.3, -0.25) is 0 Å². The number of benzene rings is 2. The standard InChI is InChI=1S/C13H10BrFOS/c14-13-5-4-10(15)6-9(13)8-17-12-3-1-2-11(16)7-12/h1-7,16H,8H2. The van der Waals surface area contributed by atoms with Crippen molar-refractivity contribution in [3.05, 3.63) is 58.3 Å². The lowest BCUT2D eigenvalue weighted by atomic mass is 10.2. The van der Waals surface area contributed by atoms with Crippen molar-refractivity contribution in [2.75, 3.05) is 0 Å². The maximum Gasteiger partial charge on any atom is 0.123 e. The van der Waals surface area contributed by atoms with Crippen LogP contribution in [0.5, 0.6) is 5.75 Å². The largest absolute Gasteiger partial charge is 0.508 e. The average molecular weight is 313 g/mol. The monoisotopic (exact) mass is 312 g/mol. The quantitative estimate of drug-likeness (QED) is 0.837. The summed E-state index contributed by atoms with van der Waals surface area (Å²) in [5, 5.41) is 9.33. The number of hydrogen-bond donors (Lipinski definition) is 1. The fourth-order valence-corrected chi connectivity index (χ4v) is 2.90. The summed E-state index contributed by atoms with van der Waals surface area (Å²) in [6, 6.07) is 11.7. The van der Waals surface area contributed by atoms with E-state index in [2.05, 4.69) is 15.9 Å². The molecular weight excluding hydrogens is 303 g/mol. The molecule has 0 fully saturated rings. The lowest BCUT2D eigenvalue weighted by molar-refractivity contribution is 0.474. The van der Waals surface area contributed by atoms with Crippen molar-refractivity contribution in [1.29, 1.82) is 0 Å². The zero-order valence-corrected chi connectivity index (χ0v) is 11.3. The first-order valence-corrected chi connectivity index (χ1v) is 6.79. The molecule has 1 N–H and O–H groups in total. The minimum Gasteiger partial charge on any atom is -0.508 e. The number of aromatic hydroxyl groups is 1. The van der Waals surface area contributed by atoms with E-state index in [9.17, 15) is 9.50 Å². The molecular formula is C13H10BrFOS. The molecule has 0 heterocycles. The fraction of sp³-hybridized carbons (Fsp3) is 0.0769. The predicted octanol–water partition coefficient (Wildman–Crippen LogP) is 4.59. The molecule has 2 aromatic carbocycles. The van der Waals surface area contributed by atoms with Crippen LogP contribution >= 0.6 is 27.7 Å². The highest BCUT2D eigenvalue weighted by atomic mass is 79.9. The van der Waals surface area contributed by atoms with Crippen LogP contribution in [0.25, 0.3) is 0 Å². The Kier molecular flexibility index (Phi) is 4.07. The summed E-state index contributed by atoms with van der Waals surface area (Å²) in [6.45, 7) is 0. The second-order valence-corrected chi connectivity index (χ2v) is 5.42. The summed E-state index contributed by atoms with van der Waals surface area (Å²) < 4.78 is 14.0. The fourth-order valence-electron chi connectivity index (χ4n) is 1.39. The van der Waals surface area contributed by atoms with Gasteiger partial charge in [-0.1, -0.05) is 22.0 Å². The molecule has 88 valence electrons. The molecule has 0 spiro atoms. The molecule has 0 unspecified atom stereocenters. The van der Waals surface area contributed by atoms with Crippen LogP contribution in [0, 0.1) is 5.82 Å². The van der Waals surface area contributed by atoms with E-state index in [0.717, 1.165) is 14.9 Å². The van der Waals surface area contributed by atoms with Gasteiger partial charge in [-0.25, -0.2) is 4.39 Å². The van der Waals surface area contributed by atoms with Crippen LogP contribution in [0.15, 0.2) is 51.8 Å². The minimum atomic E-state index is -0.236. The molecule has 0 radical (unpaired) electrons. The van der Waals surface area contributed by atoms with Crippen LogP contribution < -0.4 is 0 Å². The molecule has 0 aliphatic heterocycles. The number of rotatable bonds is 3. The van der Waals surface area contributed by atoms with Crippen molar-refractivity contribution in [2.24, 2.45) is 0 Å². The van der Waals surface area contributed by atoms with Crippen molar-refractivity contribution >= 4 is 27.7 Å². The van der Waals surface area contributed by atoms with E-state index in [0.29, 0.717) is 5.75 Å². The van der Waals surface area contributed by atoms with Gasteiger partial charge < -0.3 is 5.11 Å². The molecule has 0 aromatic heterocycles. The van der Waals surface area contributed by atoms with Crippen molar-refractivity contribution in [3.63, 3.8) is 0 Å². The summed E-state index contributed by atoms with van der Waals surface area (Å²) in [6.07, 6.45) is 0. The van der Waals surface area contributed by atoms with Gasteiger partial charge in [0.1, 0.15) is 11.6 Å². The molecule has 17 heavy (non-hydrogen) atoms. The second-order valence-electron chi connectivity index (χ2n) is 3.52. The highest BCUT2D eigenvalue weighted by molar-refractivity contribution is 9.10. The van der Waals surface area contributed by atoms with E-state index in [1.54, 1.807) is 36.0 Å². The first kappa shape index (κ1) is 12.5. The molecule has 0 saturated carbocycles. The van der Waals surface area contributed by atoms with E-state index >= 15 is 0 Å². The van der Waals surface area contributed by atoms with Crippen molar-refractivity contribution < 1.29 is 9.50 Å². The maximum absolute atomic E-state index is 13.1. The molecule has 1 nitrogen and oxygen atoms in total. The lowest BCUT2D eigenvalue weighted by Crippen LogP contribution is -1.85. The minimum absolute atomic E-state index is 0.236. The summed E-state index contributed by atoms with van der Waals surface area (Å²) >= 11 is 4.94. The Morgan fingerprint density at radius 3 is 2.76 bits per heavy atom. The molecule has 2 rings (SSSR count). The number of phenols is 1. The van der Waals surface area contributed by atoms with Crippen molar-refractivity contribution in [1.82, 2.24) is 0 Å². The summed E-state index contributed by atoms with van der Waals surface area (Å²) in [7, 11) is 0. The van der Waals surface area contributed by atoms with Gasteiger partial charge in [-0.2, -0.15) is 0 Å². The Labute approximate surface area is 112 Å². The van der Waals surface area contributed by atoms with Gasteiger partial charge in [0.05, 0.1) is 0 Å². The van der Waals surface area contributed by atoms with Crippen LogP contribution in [0.1, 0.15) is 5.56 Å². The molecule has 4 heteroatoms. The smallest absolute Gasteiger partial charge is 0.123 e. The molecule has 0 bridgehead atoms. The first-order chi connectivity index (χ1) is 8.15. The second kappa shape index (κ2) is 5.56. The van der Waals surface area contributed by atoms with Gasteiger partial charge in [-0.05, 0) is 42.0 Å². The van der Waals surface area contributed by atoms with E-state index < -0.39 is 0 Å². The normalized spacial score (nSPS) is 10.5. The number of halogens is 2. The molecule has 0 saturated heterocycles. The number of thioether (sulfide) groups is 1. The average Bonchev–Trinajstić information content (AvgIpc) is 2.30. The molecule has 0 atom stereocenters. The van der Waals surface area contributed by atoms with Crippen LogP contribution in [-0.2, 0) is 5.75 Å². The number of hydrogen-bond acceptors (Lipinski definition) is 2. The van der Waals surface area contributed by atoms with Crippen LogP contribution in [-0.4, -0.2) is 5.11 Å². The van der Waals surface area contributed by atoms with Gasteiger partial charge in [0.2, 0.25) is 0 Å². The Morgan fingerprint density at radius 2 is 2.00 bits per heavy atom. The maximum atomic E-state index is 13.1. The van der Waals surface area contributed by atoms with Crippen molar-refractivity contribution in [3.8, 4) is 5.75 Å². The van der Waals surface area contributed by atoms with Gasteiger partial charge in [0, 0.05) is 15.1 Å². The Hall–Kier alpha value is -1.00. The van der Waals surface area contributed by atoms with Crippen LogP contribution in [0.2, 0.25) is 0 Å². The highest BCUT2D eigenvalue weighted by Crippen LogP contribution is 2.29. The van der Waals surface area contributed by atoms with Gasteiger partial charge in [0.15, 0.2) is 0 Å². The lowest BCUT2D eigenvalue weighted by Gasteiger charge is -2.05. The van der Waals surface area contributed by atoms with E-state index in [-0.39, 0.29) is 11.6 Å². The summed E-state index contributed by atoms with van der Waals surface area (Å²) in [4.78, 5) is 0.959. The number of phenolic OH excluding ortho intramolecular Hbond substituents is 1. The van der Waals surface area contributed by atoms with Crippen molar-refractivity contribution in [2.45, 2.75) is 10.6 Å². The Balaban J connectivity index is 2.09. The third-order valence-corrected chi connectivity index (χ3v) is 4.04. The molecule has 0 amide bonds. The Bertz CT molecular complexity index is 531.